The number of aromatic hydroxyl groups is 3. The summed E-state index contributed by atoms with van der Waals surface area (Å²) in [6.45, 7) is 0. The molecule has 0 saturated heterocycles. The second kappa shape index (κ2) is 6.75. The van der Waals surface area contributed by atoms with E-state index in [4.69, 9.17) is 4.74 Å². The van der Waals surface area contributed by atoms with Gasteiger partial charge in [-0.3, -0.25) is 0 Å². The number of rotatable bonds is 3. The first kappa shape index (κ1) is 18.8. The van der Waals surface area contributed by atoms with Crippen LogP contribution in [-0.4, -0.2) is 73.6 Å². The predicted octanol–water partition coefficient (Wildman–Crippen LogP) is -1.25. The number of phenolic OH excluding ortho intramolecular Hbond substituents is 3. The molecule has 0 aliphatic heterocycles. The van der Waals surface area contributed by atoms with E-state index in [2.05, 4.69) is 4.74 Å². The van der Waals surface area contributed by atoms with Crippen LogP contribution in [0.25, 0.3) is 0 Å². The fourth-order valence-electron chi connectivity index (χ4n) is 2.65. The van der Waals surface area contributed by atoms with Gasteiger partial charge in [-0.15, -0.1) is 0 Å². The van der Waals surface area contributed by atoms with Gasteiger partial charge in [-0.2, -0.15) is 0 Å². The Bertz CT molecular complexity index is 664. The van der Waals surface area contributed by atoms with Crippen LogP contribution in [0.2, 0.25) is 0 Å². The van der Waals surface area contributed by atoms with Crippen molar-refractivity contribution in [1.29, 1.82) is 0 Å². The minimum atomic E-state index is -2.16. The van der Waals surface area contributed by atoms with E-state index < -0.39 is 65.9 Å². The van der Waals surface area contributed by atoms with Crippen molar-refractivity contribution in [3.8, 4) is 17.2 Å². The van der Waals surface area contributed by atoms with Crippen LogP contribution in [-0.2, 0) is 14.3 Å². The Morgan fingerprint density at radius 2 is 1.68 bits per heavy atom. The van der Waals surface area contributed by atoms with Crippen LogP contribution >= 0.6 is 0 Å². The van der Waals surface area contributed by atoms with E-state index in [1.807, 2.05) is 0 Å². The Balaban J connectivity index is 2.22. The molecule has 2 rings (SSSR count). The third-order valence-electron chi connectivity index (χ3n) is 3.99. The van der Waals surface area contributed by atoms with E-state index in [9.17, 15) is 40.2 Å². The zero-order valence-electron chi connectivity index (χ0n) is 13.1. The smallest absolute Gasteiger partial charge is 0.338 e. The lowest BCUT2D eigenvalue weighted by Crippen LogP contribution is -2.57. The molecule has 138 valence electrons. The van der Waals surface area contributed by atoms with E-state index in [0.29, 0.717) is 0 Å². The van der Waals surface area contributed by atoms with Crippen molar-refractivity contribution in [2.24, 2.45) is 0 Å². The van der Waals surface area contributed by atoms with Crippen LogP contribution in [0.5, 0.6) is 17.2 Å². The zero-order chi connectivity index (χ0) is 18.9. The molecule has 0 bridgehead atoms. The molecule has 1 aliphatic rings. The highest BCUT2D eigenvalue weighted by molar-refractivity contribution is 5.91. The zero-order valence-corrected chi connectivity index (χ0v) is 13.1. The van der Waals surface area contributed by atoms with Crippen molar-refractivity contribution < 1.29 is 49.7 Å². The van der Waals surface area contributed by atoms with Gasteiger partial charge in [0.25, 0.3) is 0 Å². The number of methoxy groups -OCH3 is 1. The lowest BCUT2D eigenvalue weighted by molar-refractivity contribution is -0.190. The number of carbonyl (C=O) groups is 2. The van der Waals surface area contributed by atoms with Crippen LogP contribution in [0, 0.1) is 0 Å². The second-order valence-corrected chi connectivity index (χ2v) is 5.80. The SMILES string of the molecule is COC(=O)[C@]1(O)C[C@H](O)[C@H](O)[C@H](OC(=O)c2cc(O)c(O)c(O)c2)C1. The van der Waals surface area contributed by atoms with Crippen LogP contribution in [0.4, 0.5) is 0 Å². The minimum Gasteiger partial charge on any atom is -0.504 e. The van der Waals surface area contributed by atoms with Crippen molar-refractivity contribution in [1.82, 2.24) is 0 Å². The van der Waals surface area contributed by atoms with Gasteiger partial charge in [-0.1, -0.05) is 0 Å². The van der Waals surface area contributed by atoms with Gasteiger partial charge in [-0.05, 0) is 12.1 Å². The third kappa shape index (κ3) is 3.60. The van der Waals surface area contributed by atoms with Gasteiger partial charge in [0.1, 0.15) is 12.2 Å². The van der Waals surface area contributed by atoms with E-state index in [1.165, 1.54) is 0 Å². The van der Waals surface area contributed by atoms with Gasteiger partial charge in [-0.25, -0.2) is 9.59 Å². The molecule has 25 heavy (non-hydrogen) atoms. The molecule has 0 heterocycles. The van der Waals surface area contributed by atoms with Crippen LogP contribution in [0.15, 0.2) is 12.1 Å². The average molecular weight is 358 g/mol. The topological polar surface area (TPSA) is 174 Å². The molecular formula is C15H18O10. The average Bonchev–Trinajstić information content (AvgIpc) is 2.55. The molecule has 0 radical (unpaired) electrons. The Kier molecular flexibility index (Phi) is 5.07. The summed E-state index contributed by atoms with van der Waals surface area (Å²) < 4.78 is 9.42. The number of aliphatic hydroxyl groups excluding tert-OH is 2. The molecule has 0 amide bonds. The van der Waals surface area contributed by atoms with Crippen molar-refractivity contribution in [3.63, 3.8) is 0 Å². The number of benzene rings is 1. The fourth-order valence-corrected chi connectivity index (χ4v) is 2.65. The summed E-state index contributed by atoms with van der Waals surface area (Å²) in [5.74, 6) is -4.57. The van der Waals surface area contributed by atoms with Gasteiger partial charge in [0.05, 0.1) is 18.8 Å². The Morgan fingerprint density at radius 1 is 1.12 bits per heavy atom. The maximum atomic E-state index is 12.1. The Morgan fingerprint density at radius 3 is 2.20 bits per heavy atom. The van der Waals surface area contributed by atoms with Gasteiger partial charge < -0.3 is 40.1 Å². The minimum absolute atomic E-state index is 0.360. The highest BCUT2D eigenvalue weighted by atomic mass is 16.6. The molecule has 1 fully saturated rings. The maximum Gasteiger partial charge on any atom is 0.338 e. The Labute approximate surface area is 141 Å². The molecule has 4 atom stereocenters. The third-order valence-corrected chi connectivity index (χ3v) is 3.99. The molecule has 1 saturated carbocycles. The molecule has 6 N–H and O–H groups in total. The monoisotopic (exact) mass is 358 g/mol. The van der Waals surface area contributed by atoms with E-state index >= 15 is 0 Å². The van der Waals surface area contributed by atoms with Crippen LogP contribution in [0.3, 0.4) is 0 Å². The fraction of sp³-hybridized carbons (Fsp3) is 0.467. The highest BCUT2D eigenvalue weighted by Crippen LogP contribution is 2.36. The number of hydrogen-bond acceptors (Lipinski definition) is 10. The molecule has 0 aromatic heterocycles. The number of phenols is 3. The number of carbonyl (C=O) groups excluding carboxylic acids is 2. The Hall–Kier alpha value is -2.56. The first-order chi connectivity index (χ1) is 11.6. The first-order valence-electron chi connectivity index (χ1n) is 7.22. The highest BCUT2D eigenvalue weighted by Gasteiger charge is 2.51. The molecule has 10 nitrogen and oxygen atoms in total. The lowest BCUT2D eigenvalue weighted by Gasteiger charge is -2.39. The van der Waals surface area contributed by atoms with Crippen molar-refractivity contribution in [2.75, 3.05) is 7.11 Å². The summed E-state index contributed by atoms with van der Waals surface area (Å²) in [5, 5.41) is 58.1. The summed E-state index contributed by atoms with van der Waals surface area (Å²) in [5.41, 5.74) is -2.51. The van der Waals surface area contributed by atoms with Crippen LogP contribution in [0.1, 0.15) is 23.2 Å². The van der Waals surface area contributed by atoms with E-state index in [0.717, 1.165) is 19.2 Å². The number of ether oxygens (including phenoxy) is 2. The molecule has 1 aromatic carbocycles. The largest absolute Gasteiger partial charge is 0.504 e. The van der Waals surface area contributed by atoms with Gasteiger partial charge in [0.2, 0.25) is 0 Å². The summed E-state index contributed by atoms with van der Waals surface area (Å²) in [7, 11) is 1.03. The molecule has 1 aliphatic carbocycles. The number of aliphatic hydroxyl groups is 3. The maximum absolute atomic E-state index is 12.1. The number of esters is 2. The van der Waals surface area contributed by atoms with E-state index in [1.54, 1.807) is 0 Å². The standard InChI is InChI=1S/C15H18O10/c1-24-14(22)15(23)4-9(18)12(20)10(5-15)25-13(21)6-2-7(16)11(19)8(17)3-6/h2-3,9-10,12,16-20,23H,4-5H2,1H3/t9-,10+,12-,15-/m0/s1. The van der Waals surface area contributed by atoms with Gasteiger partial charge in [0, 0.05) is 12.8 Å². The van der Waals surface area contributed by atoms with Crippen LogP contribution < -0.4 is 0 Å². The summed E-state index contributed by atoms with van der Waals surface area (Å²) in [4.78, 5) is 23.8. The van der Waals surface area contributed by atoms with Gasteiger partial charge in [0.15, 0.2) is 22.8 Å². The van der Waals surface area contributed by atoms with Gasteiger partial charge >= 0.3 is 11.9 Å². The quantitative estimate of drug-likeness (QED) is 0.283. The van der Waals surface area contributed by atoms with Crippen molar-refractivity contribution in [3.05, 3.63) is 17.7 Å². The second-order valence-electron chi connectivity index (χ2n) is 5.80. The van der Waals surface area contributed by atoms with Crippen molar-refractivity contribution >= 4 is 11.9 Å². The molecular weight excluding hydrogens is 340 g/mol. The van der Waals surface area contributed by atoms with E-state index in [-0.39, 0.29) is 5.56 Å². The summed E-state index contributed by atoms with van der Waals surface area (Å²) in [6.07, 6.45) is -5.63. The first-order valence-corrected chi connectivity index (χ1v) is 7.22. The lowest BCUT2D eigenvalue weighted by atomic mass is 9.79. The van der Waals surface area contributed by atoms with Crippen molar-refractivity contribution in [2.45, 2.75) is 36.8 Å². The molecule has 1 aromatic rings. The predicted molar refractivity (Wildman–Crippen MR) is 78.9 cm³/mol. The summed E-state index contributed by atoms with van der Waals surface area (Å²) in [6, 6.07) is 1.63. The molecule has 0 unspecified atom stereocenters. The normalized spacial score (nSPS) is 29.0. The molecule has 10 heteroatoms. The summed E-state index contributed by atoms with van der Waals surface area (Å²) >= 11 is 0. The molecule has 0 spiro atoms. The number of hydrogen-bond donors (Lipinski definition) is 6.